The van der Waals surface area contributed by atoms with Crippen LogP contribution >= 0.6 is 0 Å². The molecule has 0 aliphatic carbocycles. The number of likely N-dealkylation sites (N-methyl/N-ethyl adjacent to an activating group) is 1. The summed E-state index contributed by atoms with van der Waals surface area (Å²) in [6.45, 7) is 1.45. The van der Waals surface area contributed by atoms with E-state index in [1.165, 1.54) is 6.07 Å². The highest BCUT2D eigenvalue weighted by molar-refractivity contribution is 5.87. The van der Waals surface area contributed by atoms with Gasteiger partial charge in [-0.2, -0.15) is 0 Å². The van der Waals surface area contributed by atoms with Crippen LogP contribution in [0.15, 0.2) is 24.3 Å². The first kappa shape index (κ1) is 12.5. The molecule has 0 aromatic heterocycles. The first-order chi connectivity index (χ1) is 7.38. The molecule has 0 radical (unpaired) electrons. The quantitative estimate of drug-likeness (QED) is 0.770. The summed E-state index contributed by atoms with van der Waals surface area (Å²) in [5, 5.41) is 8.81. The van der Waals surface area contributed by atoms with E-state index in [1.54, 1.807) is 18.2 Å². The molecule has 0 saturated carbocycles. The number of nitrogens with zero attached hydrogens (tertiary/aromatic N) is 1. The summed E-state index contributed by atoms with van der Waals surface area (Å²) in [6.07, 6.45) is 0. The number of ether oxygens (including phenoxy) is 1. The maximum atomic E-state index is 10.7. The average Bonchev–Trinajstić information content (AvgIpc) is 2.16. The van der Waals surface area contributed by atoms with E-state index < -0.39 is 5.97 Å². The Balaban J connectivity index is 2.55. The highest BCUT2D eigenvalue weighted by Crippen LogP contribution is 2.13. The molecule has 0 fully saturated rings. The van der Waals surface area contributed by atoms with Crippen molar-refractivity contribution in [1.82, 2.24) is 0 Å². The van der Waals surface area contributed by atoms with Gasteiger partial charge in [-0.05, 0) is 18.2 Å². The van der Waals surface area contributed by atoms with Gasteiger partial charge in [0.25, 0.3) is 0 Å². The van der Waals surface area contributed by atoms with Crippen LogP contribution in [-0.2, 0) is 0 Å². The van der Waals surface area contributed by atoms with Crippen LogP contribution in [0.3, 0.4) is 0 Å². The zero-order valence-electron chi connectivity index (χ0n) is 9.93. The van der Waals surface area contributed by atoms with Gasteiger partial charge in [0.2, 0.25) is 0 Å². The minimum Gasteiger partial charge on any atom is -0.488 e. The van der Waals surface area contributed by atoms with Crippen molar-refractivity contribution in [3.8, 4) is 5.75 Å². The monoisotopic (exact) mass is 224 g/mol. The summed E-state index contributed by atoms with van der Waals surface area (Å²) in [7, 11) is 6.24. The third-order valence-corrected chi connectivity index (χ3v) is 2.11. The fourth-order valence-corrected chi connectivity index (χ4v) is 1.16. The zero-order chi connectivity index (χ0) is 12.2. The predicted molar refractivity (Wildman–Crippen MR) is 61.8 cm³/mol. The Kier molecular flexibility index (Phi) is 3.90. The molecule has 0 amide bonds. The molecule has 0 aliphatic rings. The molecule has 0 atom stereocenters. The standard InChI is InChI=1S/C12H17NO3/c1-13(2,3)7-8-16-11-6-4-5-10(9-11)12(14)15/h4-6,9H,7-8H2,1-3H3/p+1. The number of benzene rings is 1. The highest BCUT2D eigenvalue weighted by atomic mass is 16.5. The third kappa shape index (κ3) is 4.31. The number of rotatable bonds is 5. The van der Waals surface area contributed by atoms with Gasteiger partial charge in [0, 0.05) is 0 Å². The lowest BCUT2D eigenvalue weighted by atomic mass is 10.2. The highest BCUT2D eigenvalue weighted by Gasteiger charge is 2.08. The molecule has 0 heterocycles. The Morgan fingerprint density at radius 1 is 1.38 bits per heavy atom. The normalized spacial score (nSPS) is 11.2. The van der Waals surface area contributed by atoms with Crippen molar-refractivity contribution < 1.29 is 19.1 Å². The van der Waals surface area contributed by atoms with E-state index in [0.29, 0.717) is 12.4 Å². The third-order valence-electron chi connectivity index (χ3n) is 2.11. The molecule has 4 nitrogen and oxygen atoms in total. The number of hydrogen-bond donors (Lipinski definition) is 1. The van der Waals surface area contributed by atoms with Gasteiger partial charge in [0.1, 0.15) is 18.9 Å². The van der Waals surface area contributed by atoms with Crippen LogP contribution in [0.1, 0.15) is 10.4 Å². The van der Waals surface area contributed by atoms with Crippen LogP contribution in [0.5, 0.6) is 5.75 Å². The molecule has 0 unspecified atom stereocenters. The van der Waals surface area contributed by atoms with E-state index >= 15 is 0 Å². The van der Waals surface area contributed by atoms with E-state index in [1.807, 2.05) is 0 Å². The molecular formula is C12H18NO3+. The summed E-state index contributed by atoms with van der Waals surface area (Å²) in [6, 6.07) is 6.54. The molecule has 0 saturated heterocycles. The molecule has 1 N–H and O–H groups in total. The molecule has 1 aromatic carbocycles. The van der Waals surface area contributed by atoms with Gasteiger partial charge >= 0.3 is 5.97 Å². The molecule has 4 heteroatoms. The lowest BCUT2D eigenvalue weighted by Gasteiger charge is -2.23. The predicted octanol–water partition coefficient (Wildman–Crippen LogP) is 1.47. The van der Waals surface area contributed by atoms with Crippen molar-refractivity contribution in [2.24, 2.45) is 0 Å². The second kappa shape index (κ2) is 4.99. The second-order valence-electron chi connectivity index (χ2n) is 4.70. The van der Waals surface area contributed by atoms with E-state index in [0.717, 1.165) is 11.0 Å². The fraction of sp³-hybridized carbons (Fsp3) is 0.417. The van der Waals surface area contributed by atoms with Gasteiger partial charge < -0.3 is 14.3 Å². The van der Waals surface area contributed by atoms with Crippen molar-refractivity contribution in [2.45, 2.75) is 0 Å². The van der Waals surface area contributed by atoms with Crippen LogP contribution in [0.2, 0.25) is 0 Å². The first-order valence-electron chi connectivity index (χ1n) is 5.15. The Bertz CT molecular complexity index is 369. The maximum Gasteiger partial charge on any atom is 0.335 e. The van der Waals surface area contributed by atoms with Gasteiger partial charge in [0.15, 0.2) is 0 Å². The molecular weight excluding hydrogens is 206 g/mol. The van der Waals surface area contributed by atoms with E-state index in [-0.39, 0.29) is 5.56 Å². The van der Waals surface area contributed by atoms with Gasteiger partial charge in [-0.1, -0.05) is 6.07 Å². The molecule has 1 aromatic rings. The number of carboxylic acid groups (broad SMARTS) is 1. The van der Waals surface area contributed by atoms with Crippen LogP contribution in [0, 0.1) is 0 Å². The zero-order valence-corrected chi connectivity index (χ0v) is 9.93. The van der Waals surface area contributed by atoms with Crippen LogP contribution < -0.4 is 4.74 Å². The number of aromatic carboxylic acids is 1. The van der Waals surface area contributed by atoms with Gasteiger partial charge in [0.05, 0.1) is 26.7 Å². The summed E-state index contributed by atoms with van der Waals surface area (Å²) in [4.78, 5) is 10.7. The minimum atomic E-state index is -0.933. The summed E-state index contributed by atoms with van der Waals surface area (Å²) in [5.41, 5.74) is 0.253. The Hall–Kier alpha value is -1.55. The lowest BCUT2D eigenvalue weighted by molar-refractivity contribution is -0.870. The fourth-order valence-electron chi connectivity index (χ4n) is 1.16. The van der Waals surface area contributed by atoms with Crippen molar-refractivity contribution in [1.29, 1.82) is 0 Å². The molecule has 0 spiro atoms. The van der Waals surface area contributed by atoms with Crippen molar-refractivity contribution in [3.63, 3.8) is 0 Å². The number of quaternary nitrogens is 1. The Morgan fingerprint density at radius 3 is 2.62 bits per heavy atom. The summed E-state index contributed by atoms with van der Waals surface area (Å²) in [5.74, 6) is -0.328. The van der Waals surface area contributed by atoms with Crippen molar-refractivity contribution in [2.75, 3.05) is 34.3 Å². The van der Waals surface area contributed by atoms with E-state index in [4.69, 9.17) is 9.84 Å². The maximum absolute atomic E-state index is 10.7. The van der Waals surface area contributed by atoms with Crippen molar-refractivity contribution >= 4 is 5.97 Å². The number of hydrogen-bond acceptors (Lipinski definition) is 2. The second-order valence-corrected chi connectivity index (χ2v) is 4.70. The molecule has 0 bridgehead atoms. The molecule has 16 heavy (non-hydrogen) atoms. The van der Waals surface area contributed by atoms with Crippen LogP contribution in [0.25, 0.3) is 0 Å². The molecule has 1 rings (SSSR count). The number of carbonyl (C=O) groups is 1. The Morgan fingerprint density at radius 2 is 2.06 bits per heavy atom. The molecule has 0 aliphatic heterocycles. The van der Waals surface area contributed by atoms with Gasteiger partial charge in [-0.15, -0.1) is 0 Å². The number of carboxylic acids is 1. The largest absolute Gasteiger partial charge is 0.488 e. The average molecular weight is 224 g/mol. The minimum absolute atomic E-state index is 0.253. The van der Waals surface area contributed by atoms with E-state index in [2.05, 4.69) is 21.1 Å². The summed E-state index contributed by atoms with van der Waals surface area (Å²) >= 11 is 0. The van der Waals surface area contributed by atoms with Gasteiger partial charge in [-0.25, -0.2) is 4.79 Å². The van der Waals surface area contributed by atoms with Crippen LogP contribution in [0.4, 0.5) is 0 Å². The Labute approximate surface area is 95.7 Å². The van der Waals surface area contributed by atoms with E-state index in [9.17, 15) is 4.79 Å². The summed E-state index contributed by atoms with van der Waals surface area (Å²) < 4.78 is 6.31. The van der Waals surface area contributed by atoms with Crippen LogP contribution in [-0.4, -0.2) is 49.9 Å². The molecule has 88 valence electrons. The van der Waals surface area contributed by atoms with Crippen molar-refractivity contribution in [3.05, 3.63) is 29.8 Å². The first-order valence-corrected chi connectivity index (χ1v) is 5.15. The SMILES string of the molecule is C[N+](C)(C)CCOc1cccc(C(=O)O)c1. The topological polar surface area (TPSA) is 46.5 Å². The smallest absolute Gasteiger partial charge is 0.335 e. The van der Waals surface area contributed by atoms with Gasteiger partial charge in [-0.3, -0.25) is 0 Å². The lowest BCUT2D eigenvalue weighted by Crippen LogP contribution is -2.38.